The molecule has 0 aliphatic heterocycles. The minimum Gasteiger partial charge on any atom is -0.388 e. The zero-order valence-electron chi connectivity index (χ0n) is 8.18. The minimum absolute atomic E-state index is 0.602. The standard InChI is InChI=1S/C9H19NOS/c1-8(2)5-10-6-9(3,11)7-12-4/h10-11H,1,5-7H2,2-4H3. The Morgan fingerprint density at radius 2 is 2.25 bits per heavy atom. The van der Waals surface area contributed by atoms with Crippen molar-refractivity contribution in [3.63, 3.8) is 0 Å². The van der Waals surface area contributed by atoms with E-state index in [0.717, 1.165) is 17.9 Å². The second kappa shape index (κ2) is 5.62. The Morgan fingerprint density at radius 3 is 2.67 bits per heavy atom. The second-order valence-corrected chi connectivity index (χ2v) is 4.36. The molecule has 0 fully saturated rings. The van der Waals surface area contributed by atoms with Gasteiger partial charge in [-0.3, -0.25) is 0 Å². The highest BCUT2D eigenvalue weighted by atomic mass is 32.2. The molecule has 0 rings (SSSR count). The summed E-state index contributed by atoms with van der Waals surface area (Å²) in [5.74, 6) is 0.760. The van der Waals surface area contributed by atoms with Crippen LogP contribution in [0.4, 0.5) is 0 Å². The van der Waals surface area contributed by atoms with Crippen LogP contribution in [0.15, 0.2) is 12.2 Å². The van der Waals surface area contributed by atoms with Crippen LogP contribution in [0, 0.1) is 0 Å². The van der Waals surface area contributed by atoms with E-state index in [1.807, 2.05) is 20.1 Å². The lowest BCUT2D eigenvalue weighted by atomic mass is 10.1. The van der Waals surface area contributed by atoms with E-state index in [0.29, 0.717) is 6.54 Å². The van der Waals surface area contributed by atoms with Crippen molar-refractivity contribution in [2.24, 2.45) is 0 Å². The molecule has 0 aliphatic carbocycles. The summed E-state index contributed by atoms with van der Waals surface area (Å²) in [6, 6.07) is 0. The second-order valence-electron chi connectivity index (χ2n) is 3.49. The molecule has 72 valence electrons. The van der Waals surface area contributed by atoms with Gasteiger partial charge in [0.15, 0.2) is 0 Å². The Kier molecular flexibility index (Phi) is 5.63. The van der Waals surface area contributed by atoms with Gasteiger partial charge in [0.1, 0.15) is 0 Å². The molecule has 0 amide bonds. The number of aliphatic hydroxyl groups is 1. The lowest BCUT2D eigenvalue weighted by Crippen LogP contribution is -2.40. The van der Waals surface area contributed by atoms with Crippen molar-refractivity contribution in [1.82, 2.24) is 5.32 Å². The Labute approximate surface area is 79.4 Å². The van der Waals surface area contributed by atoms with Gasteiger partial charge in [-0.1, -0.05) is 12.2 Å². The van der Waals surface area contributed by atoms with Crippen molar-refractivity contribution < 1.29 is 5.11 Å². The summed E-state index contributed by atoms with van der Waals surface area (Å²) in [6.07, 6.45) is 1.99. The van der Waals surface area contributed by atoms with Crippen LogP contribution in [-0.4, -0.2) is 35.8 Å². The van der Waals surface area contributed by atoms with Crippen LogP contribution in [0.1, 0.15) is 13.8 Å². The highest BCUT2D eigenvalue weighted by Gasteiger charge is 2.18. The molecule has 0 radical (unpaired) electrons. The van der Waals surface area contributed by atoms with Gasteiger partial charge in [-0.05, 0) is 20.1 Å². The van der Waals surface area contributed by atoms with Crippen LogP contribution >= 0.6 is 11.8 Å². The van der Waals surface area contributed by atoms with Crippen LogP contribution in [0.2, 0.25) is 0 Å². The van der Waals surface area contributed by atoms with E-state index in [1.54, 1.807) is 11.8 Å². The van der Waals surface area contributed by atoms with E-state index >= 15 is 0 Å². The maximum Gasteiger partial charge on any atom is 0.0833 e. The molecule has 2 nitrogen and oxygen atoms in total. The number of nitrogens with one attached hydrogen (secondary N) is 1. The first-order valence-electron chi connectivity index (χ1n) is 4.04. The van der Waals surface area contributed by atoms with E-state index in [1.165, 1.54) is 0 Å². The van der Waals surface area contributed by atoms with Crippen LogP contribution in [-0.2, 0) is 0 Å². The molecule has 1 unspecified atom stereocenters. The molecular formula is C9H19NOS. The lowest BCUT2D eigenvalue weighted by Gasteiger charge is -2.22. The number of rotatable bonds is 6. The molecule has 0 aromatic heterocycles. The van der Waals surface area contributed by atoms with E-state index in [9.17, 15) is 5.11 Å². The zero-order valence-corrected chi connectivity index (χ0v) is 9.00. The molecule has 0 spiro atoms. The first kappa shape index (κ1) is 12.0. The molecular weight excluding hydrogens is 170 g/mol. The van der Waals surface area contributed by atoms with Crippen molar-refractivity contribution in [1.29, 1.82) is 0 Å². The number of hydrogen-bond donors (Lipinski definition) is 2. The van der Waals surface area contributed by atoms with Crippen LogP contribution in [0.3, 0.4) is 0 Å². The number of hydrogen-bond acceptors (Lipinski definition) is 3. The molecule has 0 aromatic carbocycles. The van der Waals surface area contributed by atoms with Gasteiger partial charge in [-0.25, -0.2) is 0 Å². The van der Waals surface area contributed by atoms with Crippen molar-refractivity contribution in [2.75, 3.05) is 25.1 Å². The van der Waals surface area contributed by atoms with Gasteiger partial charge >= 0.3 is 0 Å². The van der Waals surface area contributed by atoms with Gasteiger partial charge in [-0.2, -0.15) is 11.8 Å². The smallest absolute Gasteiger partial charge is 0.0833 e. The average molecular weight is 189 g/mol. The van der Waals surface area contributed by atoms with Crippen molar-refractivity contribution >= 4 is 11.8 Å². The predicted molar refractivity (Wildman–Crippen MR) is 56.7 cm³/mol. The van der Waals surface area contributed by atoms with Crippen LogP contribution in [0.25, 0.3) is 0 Å². The Bertz CT molecular complexity index is 145. The topological polar surface area (TPSA) is 32.3 Å². The van der Waals surface area contributed by atoms with Gasteiger partial charge in [0, 0.05) is 18.8 Å². The van der Waals surface area contributed by atoms with Crippen LogP contribution < -0.4 is 5.32 Å². The highest BCUT2D eigenvalue weighted by Crippen LogP contribution is 2.08. The number of thioether (sulfide) groups is 1. The fourth-order valence-electron chi connectivity index (χ4n) is 0.907. The molecule has 3 heteroatoms. The molecule has 0 bridgehead atoms. The van der Waals surface area contributed by atoms with E-state index in [4.69, 9.17) is 0 Å². The lowest BCUT2D eigenvalue weighted by molar-refractivity contribution is 0.0859. The third-order valence-corrected chi connectivity index (χ3v) is 2.30. The minimum atomic E-state index is -0.602. The van der Waals surface area contributed by atoms with Gasteiger partial charge in [0.25, 0.3) is 0 Å². The summed E-state index contributed by atoms with van der Waals surface area (Å²) in [4.78, 5) is 0. The summed E-state index contributed by atoms with van der Waals surface area (Å²) >= 11 is 1.65. The van der Waals surface area contributed by atoms with Crippen molar-refractivity contribution in [3.8, 4) is 0 Å². The van der Waals surface area contributed by atoms with Gasteiger partial charge in [-0.15, -0.1) is 0 Å². The zero-order chi connectivity index (χ0) is 9.61. The van der Waals surface area contributed by atoms with Gasteiger partial charge in [0.05, 0.1) is 5.60 Å². The first-order chi connectivity index (χ1) is 5.48. The van der Waals surface area contributed by atoms with Gasteiger partial charge in [0.2, 0.25) is 0 Å². The van der Waals surface area contributed by atoms with Crippen molar-refractivity contribution in [3.05, 3.63) is 12.2 Å². The average Bonchev–Trinajstić information content (AvgIpc) is 1.85. The summed E-state index contributed by atoms with van der Waals surface area (Å²) < 4.78 is 0. The maximum absolute atomic E-state index is 9.71. The molecule has 0 heterocycles. The Morgan fingerprint density at radius 1 is 1.67 bits per heavy atom. The molecule has 2 N–H and O–H groups in total. The summed E-state index contributed by atoms with van der Waals surface area (Å²) in [5, 5.41) is 12.9. The Balaban J connectivity index is 3.53. The third kappa shape index (κ3) is 6.70. The molecule has 0 aromatic rings. The SMILES string of the molecule is C=C(C)CNCC(C)(O)CSC. The molecule has 0 saturated heterocycles. The van der Waals surface area contributed by atoms with E-state index in [2.05, 4.69) is 11.9 Å². The molecule has 1 atom stereocenters. The highest BCUT2D eigenvalue weighted by molar-refractivity contribution is 7.98. The predicted octanol–water partition coefficient (Wildman–Crippen LogP) is 1.27. The largest absolute Gasteiger partial charge is 0.388 e. The first-order valence-corrected chi connectivity index (χ1v) is 5.44. The fourth-order valence-corrected chi connectivity index (χ4v) is 1.63. The third-order valence-electron chi connectivity index (χ3n) is 1.39. The Hall–Kier alpha value is 0.0100. The molecule has 0 aliphatic rings. The monoisotopic (exact) mass is 189 g/mol. The summed E-state index contributed by atoms with van der Waals surface area (Å²) in [7, 11) is 0. The van der Waals surface area contributed by atoms with Crippen molar-refractivity contribution in [2.45, 2.75) is 19.4 Å². The molecule has 12 heavy (non-hydrogen) atoms. The van der Waals surface area contributed by atoms with E-state index < -0.39 is 5.60 Å². The summed E-state index contributed by atoms with van der Waals surface area (Å²) in [6.45, 7) is 8.99. The maximum atomic E-state index is 9.71. The van der Waals surface area contributed by atoms with Crippen LogP contribution in [0.5, 0.6) is 0 Å². The van der Waals surface area contributed by atoms with E-state index in [-0.39, 0.29) is 0 Å². The summed E-state index contributed by atoms with van der Waals surface area (Å²) in [5.41, 5.74) is 0.490. The van der Waals surface area contributed by atoms with Gasteiger partial charge < -0.3 is 10.4 Å². The quantitative estimate of drug-likeness (QED) is 0.617. The molecule has 0 saturated carbocycles. The fraction of sp³-hybridized carbons (Fsp3) is 0.778. The normalized spacial score (nSPS) is 15.7.